The predicted molar refractivity (Wildman–Crippen MR) is 153 cm³/mol. The summed E-state index contributed by atoms with van der Waals surface area (Å²) < 4.78 is 7.78. The number of carbonyl (C=O) groups excluding carboxylic acids is 1. The van der Waals surface area contributed by atoms with Gasteiger partial charge in [-0.1, -0.05) is 42.0 Å². The summed E-state index contributed by atoms with van der Waals surface area (Å²) in [6.45, 7) is 4.31. The average molecular weight is 483 g/mol. The van der Waals surface area contributed by atoms with Crippen molar-refractivity contribution in [2.45, 2.75) is 13.8 Å². The lowest BCUT2D eigenvalue weighted by Gasteiger charge is -2.10. The summed E-state index contributed by atoms with van der Waals surface area (Å²) in [5.41, 5.74) is 8.07. The van der Waals surface area contributed by atoms with Gasteiger partial charge < -0.3 is 14.3 Å². The van der Waals surface area contributed by atoms with E-state index in [4.69, 9.17) is 4.74 Å². The molecule has 0 saturated carbocycles. The molecular formula is C33H26N2O2. The minimum absolute atomic E-state index is 0.0138. The highest BCUT2D eigenvalue weighted by Gasteiger charge is 2.22. The Morgan fingerprint density at radius 2 is 1.59 bits per heavy atom. The summed E-state index contributed by atoms with van der Waals surface area (Å²) >= 11 is 0. The Morgan fingerprint density at radius 3 is 2.38 bits per heavy atom. The van der Waals surface area contributed by atoms with Gasteiger partial charge in [0.15, 0.2) is 5.78 Å². The molecule has 0 saturated heterocycles. The van der Waals surface area contributed by atoms with Crippen LogP contribution in [0.15, 0.2) is 78.9 Å². The molecule has 2 heterocycles. The summed E-state index contributed by atoms with van der Waals surface area (Å²) in [5, 5.41) is 6.51. The number of nitrogens with zero attached hydrogens (tertiary/aromatic N) is 1. The molecule has 0 amide bonds. The van der Waals surface area contributed by atoms with E-state index in [2.05, 4.69) is 60.8 Å². The third-order valence-electron chi connectivity index (χ3n) is 7.73. The Labute approximate surface area is 214 Å². The van der Waals surface area contributed by atoms with Crippen LogP contribution in [0.25, 0.3) is 54.4 Å². The molecular weight excluding hydrogens is 456 g/mol. The zero-order valence-corrected chi connectivity index (χ0v) is 21.3. The predicted octanol–water partition coefficient (Wildman–Crippen LogP) is 7.98. The van der Waals surface area contributed by atoms with Crippen LogP contribution >= 0.6 is 0 Å². The standard InChI is InChI=1S/C33H26N2O2/c1-18-12-19(2)32-27(13-18)25-14-21-15-26-24-16-22(37-4)10-11-28(24)34-31(26)30(23(21)17-29(25)35(32)3)33(36)20-8-6-5-7-9-20/h5-17,34H,1-4H3. The largest absolute Gasteiger partial charge is 0.497 e. The topological polar surface area (TPSA) is 47.0 Å². The highest BCUT2D eigenvalue weighted by molar-refractivity contribution is 6.29. The summed E-state index contributed by atoms with van der Waals surface area (Å²) in [6, 6.07) is 26.7. The second-order valence-corrected chi connectivity index (χ2v) is 10.0. The fourth-order valence-electron chi connectivity index (χ4n) is 6.09. The number of ketones is 1. The molecule has 0 aliphatic heterocycles. The molecule has 0 radical (unpaired) electrons. The highest BCUT2D eigenvalue weighted by atomic mass is 16.5. The first-order valence-corrected chi connectivity index (χ1v) is 12.5. The number of H-pyrrole nitrogens is 1. The van der Waals surface area contributed by atoms with Crippen molar-refractivity contribution in [3.05, 3.63) is 101 Å². The van der Waals surface area contributed by atoms with E-state index in [0.29, 0.717) is 11.1 Å². The quantitative estimate of drug-likeness (QED) is 0.260. The lowest BCUT2D eigenvalue weighted by Crippen LogP contribution is -2.03. The number of aromatic amines is 1. The van der Waals surface area contributed by atoms with E-state index in [0.717, 1.165) is 43.8 Å². The van der Waals surface area contributed by atoms with Crippen molar-refractivity contribution in [2.24, 2.45) is 7.05 Å². The van der Waals surface area contributed by atoms with Gasteiger partial charge in [-0.25, -0.2) is 0 Å². The molecule has 4 nitrogen and oxygen atoms in total. The lowest BCUT2D eigenvalue weighted by molar-refractivity contribution is 0.104. The summed E-state index contributed by atoms with van der Waals surface area (Å²) in [5.74, 6) is 0.805. The Morgan fingerprint density at radius 1 is 0.811 bits per heavy atom. The van der Waals surface area contributed by atoms with Crippen LogP contribution in [0.4, 0.5) is 0 Å². The molecule has 2 aromatic heterocycles. The number of aryl methyl sites for hydroxylation is 3. The molecule has 7 rings (SSSR count). The van der Waals surface area contributed by atoms with Crippen molar-refractivity contribution in [1.82, 2.24) is 9.55 Å². The summed E-state index contributed by atoms with van der Waals surface area (Å²) in [7, 11) is 3.79. The van der Waals surface area contributed by atoms with E-state index in [1.54, 1.807) is 7.11 Å². The number of hydrogen-bond acceptors (Lipinski definition) is 2. The van der Waals surface area contributed by atoms with E-state index in [1.165, 1.54) is 27.4 Å². The first kappa shape index (κ1) is 21.7. The maximum atomic E-state index is 14.1. The van der Waals surface area contributed by atoms with Crippen molar-refractivity contribution in [3.8, 4) is 5.75 Å². The number of methoxy groups -OCH3 is 1. The monoisotopic (exact) mass is 482 g/mol. The van der Waals surface area contributed by atoms with Gasteiger partial charge in [-0.3, -0.25) is 4.79 Å². The fourth-order valence-corrected chi connectivity index (χ4v) is 6.09. The maximum absolute atomic E-state index is 14.1. The Hall–Kier alpha value is -4.57. The van der Waals surface area contributed by atoms with Gasteiger partial charge in [-0.2, -0.15) is 0 Å². The van der Waals surface area contributed by atoms with Crippen LogP contribution in [-0.4, -0.2) is 22.4 Å². The number of fused-ring (bicyclic) bond motifs is 7. The number of ether oxygens (including phenoxy) is 1. The molecule has 0 atom stereocenters. The zero-order valence-electron chi connectivity index (χ0n) is 21.3. The van der Waals surface area contributed by atoms with Gasteiger partial charge in [0.1, 0.15) is 5.75 Å². The Balaban J connectivity index is 1.68. The summed E-state index contributed by atoms with van der Waals surface area (Å²) in [6.07, 6.45) is 0. The minimum atomic E-state index is 0.0138. The van der Waals surface area contributed by atoms with Crippen molar-refractivity contribution in [1.29, 1.82) is 0 Å². The molecule has 0 fully saturated rings. The van der Waals surface area contributed by atoms with Crippen LogP contribution < -0.4 is 4.74 Å². The van der Waals surface area contributed by atoms with Crippen molar-refractivity contribution < 1.29 is 9.53 Å². The van der Waals surface area contributed by atoms with E-state index >= 15 is 0 Å². The van der Waals surface area contributed by atoms with Crippen molar-refractivity contribution >= 4 is 60.2 Å². The second kappa shape index (κ2) is 7.71. The van der Waals surface area contributed by atoms with Crippen LogP contribution in [0.2, 0.25) is 0 Å². The molecule has 0 bridgehead atoms. The van der Waals surface area contributed by atoms with Crippen LogP contribution in [0.1, 0.15) is 27.0 Å². The molecule has 0 aliphatic carbocycles. The number of carbonyl (C=O) groups is 1. The lowest BCUT2D eigenvalue weighted by atomic mass is 9.93. The first-order chi connectivity index (χ1) is 17.9. The molecule has 180 valence electrons. The van der Waals surface area contributed by atoms with Gasteiger partial charge in [0.2, 0.25) is 0 Å². The highest BCUT2D eigenvalue weighted by Crippen LogP contribution is 2.40. The van der Waals surface area contributed by atoms with E-state index < -0.39 is 0 Å². The van der Waals surface area contributed by atoms with Crippen LogP contribution in [0.3, 0.4) is 0 Å². The maximum Gasteiger partial charge on any atom is 0.195 e. The van der Waals surface area contributed by atoms with Gasteiger partial charge in [0.25, 0.3) is 0 Å². The van der Waals surface area contributed by atoms with Gasteiger partial charge >= 0.3 is 0 Å². The Bertz CT molecular complexity index is 2060. The zero-order chi connectivity index (χ0) is 25.4. The minimum Gasteiger partial charge on any atom is -0.497 e. The van der Waals surface area contributed by atoms with E-state index in [1.807, 2.05) is 48.5 Å². The molecule has 7 aromatic rings. The van der Waals surface area contributed by atoms with E-state index in [-0.39, 0.29) is 5.78 Å². The first-order valence-electron chi connectivity index (χ1n) is 12.5. The number of nitrogens with one attached hydrogen (secondary N) is 1. The molecule has 37 heavy (non-hydrogen) atoms. The molecule has 0 spiro atoms. The van der Waals surface area contributed by atoms with Crippen LogP contribution in [-0.2, 0) is 7.05 Å². The molecule has 0 unspecified atom stereocenters. The van der Waals surface area contributed by atoms with Crippen LogP contribution in [0, 0.1) is 13.8 Å². The smallest absolute Gasteiger partial charge is 0.195 e. The second-order valence-electron chi connectivity index (χ2n) is 10.0. The average Bonchev–Trinajstić information content (AvgIpc) is 3.40. The van der Waals surface area contributed by atoms with Gasteiger partial charge in [-0.15, -0.1) is 0 Å². The fraction of sp³-hybridized carbons (Fsp3) is 0.121. The van der Waals surface area contributed by atoms with E-state index in [9.17, 15) is 4.79 Å². The molecule has 1 N–H and O–H groups in total. The molecule has 0 aliphatic rings. The van der Waals surface area contributed by atoms with Gasteiger partial charge in [-0.05, 0) is 72.6 Å². The SMILES string of the molecule is COc1ccc2[nH]c3c(C(=O)c4ccccc4)c4cc5c(cc4cc3c2c1)c1cc(C)cc(C)c1n5C. The number of benzene rings is 5. The van der Waals surface area contributed by atoms with Crippen molar-refractivity contribution in [2.75, 3.05) is 7.11 Å². The van der Waals surface area contributed by atoms with Gasteiger partial charge in [0, 0.05) is 45.2 Å². The van der Waals surface area contributed by atoms with Crippen molar-refractivity contribution in [3.63, 3.8) is 0 Å². The molecule has 5 aromatic carbocycles. The number of aromatic nitrogens is 2. The van der Waals surface area contributed by atoms with Gasteiger partial charge in [0.05, 0.1) is 23.7 Å². The number of rotatable bonds is 3. The third-order valence-corrected chi connectivity index (χ3v) is 7.73. The normalized spacial score (nSPS) is 11.9. The third kappa shape index (κ3) is 3.05. The summed E-state index contributed by atoms with van der Waals surface area (Å²) in [4.78, 5) is 17.7. The Kier molecular flexibility index (Phi) is 4.52. The molecule has 4 heteroatoms. The number of hydrogen-bond donors (Lipinski definition) is 1. The van der Waals surface area contributed by atoms with Crippen LogP contribution in [0.5, 0.6) is 5.75 Å².